The molecule has 0 spiro atoms. The van der Waals surface area contributed by atoms with Crippen molar-refractivity contribution in [3.63, 3.8) is 0 Å². The molecule has 1 aliphatic carbocycles. The zero-order valence-corrected chi connectivity index (χ0v) is 17.4. The van der Waals surface area contributed by atoms with Gasteiger partial charge in [-0.05, 0) is 63.3 Å². The van der Waals surface area contributed by atoms with Gasteiger partial charge in [-0.1, -0.05) is 64.7 Å². The second kappa shape index (κ2) is 10.2. The Hall–Kier alpha value is -1.48. The minimum absolute atomic E-state index is 0.488. The van der Waals surface area contributed by atoms with Gasteiger partial charge in [-0.15, -0.1) is 0 Å². The zero-order valence-electron chi connectivity index (χ0n) is 15.9. The fourth-order valence-corrected chi connectivity index (χ4v) is 3.94. The topological polar surface area (TPSA) is 21.3 Å². The van der Waals surface area contributed by atoms with E-state index in [1.165, 1.54) is 31.2 Å². The van der Waals surface area contributed by atoms with Gasteiger partial charge in [0.1, 0.15) is 12.4 Å². The number of aryl methyl sites for hydroxylation is 1. The van der Waals surface area contributed by atoms with Crippen molar-refractivity contribution >= 4 is 23.2 Å². The summed E-state index contributed by atoms with van der Waals surface area (Å²) in [7, 11) is 0. The highest BCUT2D eigenvalue weighted by Crippen LogP contribution is 2.33. The largest absolute Gasteiger partial charge is 0.487 e. The van der Waals surface area contributed by atoms with E-state index in [1.54, 1.807) is 11.6 Å². The molecule has 0 aliphatic heterocycles. The van der Waals surface area contributed by atoms with Crippen molar-refractivity contribution in [2.75, 3.05) is 6.54 Å². The average Bonchev–Trinajstić information content (AvgIpc) is 2.66. The summed E-state index contributed by atoms with van der Waals surface area (Å²) in [4.78, 5) is 0. The van der Waals surface area contributed by atoms with E-state index in [4.69, 9.17) is 27.9 Å². The van der Waals surface area contributed by atoms with Gasteiger partial charge in [0.25, 0.3) is 0 Å². The van der Waals surface area contributed by atoms with Gasteiger partial charge in [0.2, 0.25) is 0 Å². The number of halogens is 2. The summed E-state index contributed by atoms with van der Waals surface area (Å²) < 4.78 is 6.05. The van der Waals surface area contributed by atoms with Gasteiger partial charge in [0.05, 0.1) is 5.02 Å². The molecule has 0 saturated carbocycles. The van der Waals surface area contributed by atoms with Crippen LogP contribution in [0.15, 0.2) is 48.0 Å². The lowest BCUT2D eigenvalue weighted by Gasteiger charge is -2.16. The first-order valence-corrected chi connectivity index (χ1v) is 10.4. The maximum absolute atomic E-state index is 6.41. The average molecular weight is 404 g/mol. The molecule has 27 heavy (non-hydrogen) atoms. The lowest BCUT2D eigenvalue weighted by atomic mass is 9.97. The third-order valence-electron chi connectivity index (χ3n) is 4.91. The van der Waals surface area contributed by atoms with Gasteiger partial charge in [-0.2, -0.15) is 0 Å². The normalized spacial score (nSPS) is 14.1. The number of ether oxygens (including phenoxy) is 1. The first kappa shape index (κ1) is 20.3. The Morgan fingerprint density at radius 3 is 2.63 bits per heavy atom. The maximum Gasteiger partial charge on any atom is 0.142 e. The lowest BCUT2D eigenvalue weighted by molar-refractivity contribution is 0.302. The zero-order chi connectivity index (χ0) is 19.1. The molecule has 1 aliphatic rings. The first-order valence-electron chi connectivity index (χ1n) is 9.67. The number of rotatable bonds is 8. The Labute approximate surface area is 172 Å². The van der Waals surface area contributed by atoms with Crippen molar-refractivity contribution in [1.29, 1.82) is 0 Å². The summed E-state index contributed by atoms with van der Waals surface area (Å²) in [6.07, 6.45) is 8.64. The second-order valence-corrected chi connectivity index (χ2v) is 8.03. The van der Waals surface area contributed by atoms with Crippen LogP contribution in [0.1, 0.15) is 48.8 Å². The molecular weight excluding hydrogens is 377 g/mol. The van der Waals surface area contributed by atoms with E-state index in [0.717, 1.165) is 24.1 Å². The van der Waals surface area contributed by atoms with Gasteiger partial charge < -0.3 is 10.1 Å². The van der Waals surface area contributed by atoms with Crippen molar-refractivity contribution in [3.05, 3.63) is 74.8 Å². The molecular formula is C23H27Cl2NO. The van der Waals surface area contributed by atoms with Gasteiger partial charge in [0, 0.05) is 17.1 Å². The van der Waals surface area contributed by atoms with Gasteiger partial charge in [0.15, 0.2) is 0 Å². The highest BCUT2D eigenvalue weighted by molar-refractivity contribution is 6.35. The quantitative estimate of drug-likeness (QED) is 0.383. The van der Waals surface area contributed by atoms with Crippen molar-refractivity contribution in [3.8, 4) is 5.75 Å². The predicted octanol–water partition coefficient (Wildman–Crippen LogP) is 6.86. The van der Waals surface area contributed by atoms with Gasteiger partial charge >= 0.3 is 0 Å². The SMILES string of the molecule is Cc1ccc(COc2c(Cl)cc(Cl)cc2CNCCC2=CCCCC2)cc1. The second-order valence-electron chi connectivity index (χ2n) is 7.19. The van der Waals surface area contributed by atoms with Gasteiger partial charge in [-0.25, -0.2) is 0 Å². The number of hydrogen-bond donors (Lipinski definition) is 1. The summed E-state index contributed by atoms with van der Waals surface area (Å²) in [5.74, 6) is 0.714. The van der Waals surface area contributed by atoms with E-state index in [9.17, 15) is 0 Å². The van der Waals surface area contributed by atoms with Crippen molar-refractivity contribution < 1.29 is 4.74 Å². The van der Waals surface area contributed by atoms with Crippen LogP contribution in [0.4, 0.5) is 0 Å². The Morgan fingerprint density at radius 1 is 1.07 bits per heavy atom. The Kier molecular flexibility index (Phi) is 7.63. The molecule has 0 amide bonds. The Bertz CT molecular complexity index is 784. The lowest BCUT2D eigenvalue weighted by Crippen LogP contribution is -2.16. The highest BCUT2D eigenvalue weighted by Gasteiger charge is 2.11. The van der Waals surface area contributed by atoms with Gasteiger partial charge in [-0.3, -0.25) is 0 Å². The van der Waals surface area contributed by atoms with E-state index in [2.05, 4.69) is 42.6 Å². The van der Waals surface area contributed by atoms with E-state index in [-0.39, 0.29) is 0 Å². The number of hydrogen-bond acceptors (Lipinski definition) is 2. The third-order valence-corrected chi connectivity index (χ3v) is 5.41. The molecule has 2 aromatic carbocycles. The molecule has 4 heteroatoms. The molecule has 0 heterocycles. The summed E-state index contributed by atoms with van der Waals surface area (Å²) in [5, 5.41) is 4.70. The minimum atomic E-state index is 0.488. The molecule has 0 atom stereocenters. The third kappa shape index (κ3) is 6.27. The summed E-state index contributed by atoms with van der Waals surface area (Å²) in [6, 6.07) is 12.0. The summed E-state index contributed by atoms with van der Waals surface area (Å²) >= 11 is 12.6. The van der Waals surface area contributed by atoms with Crippen LogP contribution < -0.4 is 10.1 Å². The molecule has 0 bridgehead atoms. The number of allylic oxidation sites excluding steroid dienone is 1. The fraction of sp³-hybridized carbons (Fsp3) is 0.391. The van der Waals surface area contributed by atoms with Crippen LogP contribution in [0.2, 0.25) is 10.0 Å². The molecule has 0 saturated heterocycles. The molecule has 1 N–H and O–H groups in total. The van der Waals surface area contributed by atoms with Crippen LogP contribution in [0.3, 0.4) is 0 Å². The van der Waals surface area contributed by atoms with Crippen LogP contribution in [0.5, 0.6) is 5.75 Å². The maximum atomic E-state index is 6.41. The molecule has 2 aromatic rings. The van der Waals surface area contributed by atoms with Crippen molar-refractivity contribution in [2.24, 2.45) is 0 Å². The van der Waals surface area contributed by atoms with Crippen LogP contribution in [-0.4, -0.2) is 6.54 Å². The molecule has 2 nitrogen and oxygen atoms in total. The Morgan fingerprint density at radius 2 is 1.89 bits per heavy atom. The minimum Gasteiger partial charge on any atom is -0.487 e. The molecule has 0 fully saturated rings. The number of nitrogens with one attached hydrogen (secondary N) is 1. The van der Waals surface area contributed by atoms with Crippen molar-refractivity contribution in [1.82, 2.24) is 5.32 Å². The van der Waals surface area contributed by atoms with Crippen LogP contribution in [0.25, 0.3) is 0 Å². The first-order chi connectivity index (χ1) is 13.1. The van der Waals surface area contributed by atoms with E-state index >= 15 is 0 Å². The highest BCUT2D eigenvalue weighted by atomic mass is 35.5. The van der Waals surface area contributed by atoms with E-state index in [0.29, 0.717) is 28.9 Å². The van der Waals surface area contributed by atoms with E-state index in [1.807, 2.05) is 6.07 Å². The molecule has 0 aromatic heterocycles. The molecule has 144 valence electrons. The Balaban J connectivity index is 1.59. The molecule has 0 unspecified atom stereocenters. The number of benzene rings is 2. The van der Waals surface area contributed by atoms with Crippen LogP contribution in [-0.2, 0) is 13.2 Å². The smallest absolute Gasteiger partial charge is 0.142 e. The van der Waals surface area contributed by atoms with Crippen LogP contribution in [0, 0.1) is 6.92 Å². The standard InChI is InChI=1S/C23H27Cl2NO/c1-17-7-9-19(10-8-17)16-27-23-20(13-21(24)14-22(23)25)15-26-12-11-18-5-3-2-4-6-18/h5,7-10,13-14,26H,2-4,6,11-12,15-16H2,1H3. The predicted molar refractivity (Wildman–Crippen MR) is 115 cm³/mol. The monoisotopic (exact) mass is 403 g/mol. The fourth-order valence-electron chi connectivity index (χ4n) is 3.35. The van der Waals surface area contributed by atoms with Crippen molar-refractivity contribution in [2.45, 2.75) is 52.2 Å². The molecule has 3 rings (SSSR count). The van der Waals surface area contributed by atoms with E-state index < -0.39 is 0 Å². The van der Waals surface area contributed by atoms with Crippen LogP contribution >= 0.6 is 23.2 Å². The molecule has 0 radical (unpaired) electrons. The summed E-state index contributed by atoms with van der Waals surface area (Å²) in [5.41, 5.74) is 4.93. The summed E-state index contributed by atoms with van der Waals surface area (Å²) in [6.45, 7) is 4.21.